The first-order valence-electron chi connectivity index (χ1n) is 2.44. The van der Waals surface area contributed by atoms with Crippen LogP contribution in [0.2, 0.25) is 0 Å². The molecule has 0 bridgehead atoms. The quantitative estimate of drug-likeness (QED) is 0.603. The zero-order valence-corrected chi connectivity index (χ0v) is 4.61. The first-order valence-corrected chi connectivity index (χ1v) is 2.44. The van der Waals surface area contributed by atoms with Crippen molar-refractivity contribution in [3.63, 3.8) is 0 Å². The molecule has 0 amide bonds. The Bertz CT molecular complexity index is 208. The molecule has 3 heteroatoms. The van der Waals surface area contributed by atoms with Crippen LogP contribution in [0, 0.1) is 0 Å². The molecule has 1 aromatic heterocycles. The second-order valence-electron chi connectivity index (χ2n) is 1.55. The van der Waals surface area contributed by atoms with Crippen molar-refractivity contribution in [2.45, 2.75) is 0 Å². The summed E-state index contributed by atoms with van der Waals surface area (Å²) in [6.07, 6.45) is 2.84. The SMILES string of the molecule is O=[14C](O)c1cccnc1. The van der Waals surface area contributed by atoms with Crippen LogP contribution < -0.4 is 0 Å². The zero-order chi connectivity index (χ0) is 6.69. The Balaban J connectivity index is 2.98. The van der Waals surface area contributed by atoms with E-state index in [4.69, 9.17) is 5.11 Å². The summed E-state index contributed by atoms with van der Waals surface area (Å²) in [5.74, 6) is -0.942. The normalized spacial score (nSPS) is 8.89. The van der Waals surface area contributed by atoms with Gasteiger partial charge in [0, 0.05) is 12.4 Å². The Labute approximate surface area is 52.0 Å². The van der Waals surface area contributed by atoms with Crippen LogP contribution in [-0.4, -0.2) is 16.1 Å². The highest BCUT2D eigenvalue weighted by Gasteiger charge is 1.97. The van der Waals surface area contributed by atoms with Crippen LogP contribution >= 0.6 is 0 Å². The van der Waals surface area contributed by atoms with Gasteiger partial charge in [0.05, 0.1) is 5.56 Å². The van der Waals surface area contributed by atoms with Gasteiger partial charge < -0.3 is 5.11 Å². The molecule has 0 unspecified atom stereocenters. The van der Waals surface area contributed by atoms with E-state index >= 15 is 0 Å². The van der Waals surface area contributed by atoms with Crippen molar-refractivity contribution >= 4 is 5.97 Å². The highest BCUT2D eigenvalue weighted by atomic mass is 16.6. The van der Waals surface area contributed by atoms with Gasteiger partial charge >= 0.3 is 5.97 Å². The molecule has 1 aromatic rings. The van der Waals surface area contributed by atoms with Gasteiger partial charge in [0.25, 0.3) is 0 Å². The fourth-order valence-corrected chi connectivity index (χ4v) is 0.489. The lowest BCUT2D eigenvalue weighted by molar-refractivity contribution is 0.0696. The van der Waals surface area contributed by atoms with Crippen molar-refractivity contribution in [3.05, 3.63) is 30.1 Å². The summed E-state index contributed by atoms with van der Waals surface area (Å²) in [6, 6.07) is 3.08. The summed E-state index contributed by atoms with van der Waals surface area (Å²) in [7, 11) is 0. The fraction of sp³-hybridized carbons (Fsp3) is 0. The smallest absolute Gasteiger partial charge is 0.337 e. The predicted octanol–water partition coefficient (Wildman–Crippen LogP) is 0.780. The van der Waals surface area contributed by atoms with E-state index in [0.29, 0.717) is 0 Å². The number of pyridine rings is 1. The number of carbonyl (C=O) groups is 1. The Kier molecular flexibility index (Phi) is 1.44. The summed E-state index contributed by atoms with van der Waals surface area (Å²) >= 11 is 0. The Morgan fingerprint density at radius 2 is 2.44 bits per heavy atom. The molecule has 0 aromatic carbocycles. The molecule has 9 heavy (non-hydrogen) atoms. The molecule has 0 aliphatic heterocycles. The number of rotatable bonds is 1. The Morgan fingerprint density at radius 3 is 2.78 bits per heavy atom. The van der Waals surface area contributed by atoms with Crippen LogP contribution in [0.15, 0.2) is 24.5 Å². The van der Waals surface area contributed by atoms with Crippen molar-refractivity contribution in [2.75, 3.05) is 0 Å². The summed E-state index contributed by atoms with van der Waals surface area (Å²) in [6.45, 7) is 0. The number of aromatic nitrogens is 1. The maximum absolute atomic E-state index is 10.2. The lowest BCUT2D eigenvalue weighted by Gasteiger charge is -1.87. The predicted molar refractivity (Wildman–Crippen MR) is 31.2 cm³/mol. The molecule has 0 saturated heterocycles. The molecule has 1 rings (SSSR count). The largest absolute Gasteiger partial charge is 0.478 e. The van der Waals surface area contributed by atoms with Gasteiger partial charge in [-0.15, -0.1) is 0 Å². The summed E-state index contributed by atoms with van der Waals surface area (Å²) in [5, 5.41) is 8.34. The van der Waals surface area contributed by atoms with Crippen LogP contribution in [-0.2, 0) is 0 Å². The van der Waals surface area contributed by atoms with E-state index in [1.165, 1.54) is 18.5 Å². The van der Waals surface area contributed by atoms with Crippen molar-refractivity contribution in [2.24, 2.45) is 0 Å². The van der Waals surface area contributed by atoms with E-state index in [9.17, 15) is 4.79 Å². The lowest BCUT2D eigenvalue weighted by atomic mass is 10.4. The van der Waals surface area contributed by atoms with E-state index in [2.05, 4.69) is 4.98 Å². The molecular weight excluding hydrogens is 120 g/mol. The second kappa shape index (κ2) is 2.26. The molecule has 0 spiro atoms. The molecule has 1 N–H and O–H groups in total. The number of carboxylic acid groups (broad SMARTS) is 1. The molecule has 0 aliphatic carbocycles. The molecule has 3 nitrogen and oxygen atoms in total. The molecule has 46 valence electrons. The van der Waals surface area contributed by atoms with E-state index in [0.717, 1.165) is 0 Å². The average molecular weight is 125 g/mol. The number of carboxylic acids is 1. The minimum atomic E-state index is -0.942. The standard InChI is InChI=1S/C6H5NO2/c8-6(9)5-2-1-3-7-4-5/h1-4H,(H,8,9)/i6+2. The Morgan fingerprint density at radius 1 is 1.67 bits per heavy atom. The third kappa shape index (κ3) is 1.25. The van der Waals surface area contributed by atoms with Crippen LogP contribution in [0.25, 0.3) is 0 Å². The van der Waals surface area contributed by atoms with Crippen LogP contribution in [0.5, 0.6) is 0 Å². The van der Waals surface area contributed by atoms with Gasteiger partial charge in [-0.05, 0) is 12.1 Å². The van der Waals surface area contributed by atoms with Gasteiger partial charge in [-0.2, -0.15) is 0 Å². The third-order valence-electron chi connectivity index (χ3n) is 0.908. The van der Waals surface area contributed by atoms with Crippen LogP contribution in [0.4, 0.5) is 0 Å². The monoisotopic (exact) mass is 125 g/mol. The Hall–Kier alpha value is -1.38. The van der Waals surface area contributed by atoms with E-state index in [-0.39, 0.29) is 5.56 Å². The summed E-state index contributed by atoms with van der Waals surface area (Å²) in [4.78, 5) is 13.8. The third-order valence-corrected chi connectivity index (χ3v) is 0.908. The van der Waals surface area contributed by atoms with E-state index < -0.39 is 5.97 Å². The molecule has 0 radical (unpaired) electrons. The van der Waals surface area contributed by atoms with Crippen LogP contribution in [0.1, 0.15) is 10.4 Å². The van der Waals surface area contributed by atoms with E-state index in [1.54, 1.807) is 6.07 Å². The van der Waals surface area contributed by atoms with Gasteiger partial charge in [0.2, 0.25) is 0 Å². The summed E-state index contributed by atoms with van der Waals surface area (Å²) in [5.41, 5.74) is 0.220. The zero-order valence-electron chi connectivity index (χ0n) is 4.61. The first kappa shape index (κ1) is 5.75. The molecule has 0 atom stereocenters. The molecule has 0 aliphatic rings. The first-order chi connectivity index (χ1) is 4.30. The summed E-state index contributed by atoms with van der Waals surface area (Å²) < 4.78 is 0. The number of nitrogens with zero attached hydrogens (tertiary/aromatic N) is 1. The molecule has 1 heterocycles. The topological polar surface area (TPSA) is 50.2 Å². The fourth-order valence-electron chi connectivity index (χ4n) is 0.489. The van der Waals surface area contributed by atoms with Crippen molar-refractivity contribution < 1.29 is 9.90 Å². The van der Waals surface area contributed by atoms with Gasteiger partial charge in [-0.3, -0.25) is 4.98 Å². The van der Waals surface area contributed by atoms with Crippen molar-refractivity contribution in [3.8, 4) is 0 Å². The number of hydrogen-bond acceptors (Lipinski definition) is 2. The van der Waals surface area contributed by atoms with Gasteiger partial charge in [0.15, 0.2) is 0 Å². The highest BCUT2D eigenvalue weighted by molar-refractivity contribution is 5.86. The van der Waals surface area contributed by atoms with Crippen molar-refractivity contribution in [1.29, 1.82) is 0 Å². The van der Waals surface area contributed by atoms with Crippen molar-refractivity contribution in [1.82, 2.24) is 4.98 Å². The van der Waals surface area contributed by atoms with Gasteiger partial charge in [-0.1, -0.05) is 0 Å². The maximum atomic E-state index is 10.2. The van der Waals surface area contributed by atoms with Gasteiger partial charge in [-0.25, -0.2) is 4.79 Å². The number of aromatic carboxylic acids is 1. The van der Waals surface area contributed by atoms with Gasteiger partial charge in [0.1, 0.15) is 0 Å². The lowest BCUT2D eigenvalue weighted by Crippen LogP contribution is -1.94. The molecule has 0 saturated carbocycles. The molecular formula is C6H5NO2. The minimum absolute atomic E-state index is 0.220. The highest BCUT2D eigenvalue weighted by Crippen LogP contribution is 1.92. The molecule has 0 fully saturated rings. The minimum Gasteiger partial charge on any atom is -0.478 e. The van der Waals surface area contributed by atoms with Crippen LogP contribution in [0.3, 0.4) is 0 Å². The second-order valence-corrected chi connectivity index (χ2v) is 1.55. The maximum Gasteiger partial charge on any atom is 0.337 e. The average Bonchev–Trinajstić information content (AvgIpc) is 1.90. The number of hydrogen-bond donors (Lipinski definition) is 1. The van der Waals surface area contributed by atoms with E-state index in [1.807, 2.05) is 0 Å².